The molecule has 3 N–H and O–H groups in total. The van der Waals surface area contributed by atoms with E-state index in [0.717, 1.165) is 0 Å². The molecule has 1 radical (unpaired) electrons. The molecule has 5 heteroatoms. The summed E-state index contributed by atoms with van der Waals surface area (Å²) in [6.07, 6.45) is 0.936. The lowest BCUT2D eigenvalue weighted by atomic mass is 10.2. The van der Waals surface area contributed by atoms with Gasteiger partial charge in [-0.05, 0) is 19.8 Å². The molecule has 0 amide bonds. The van der Waals surface area contributed by atoms with Crippen LogP contribution >= 0.6 is 7.60 Å². The van der Waals surface area contributed by atoms with Crippen LogP contribution in [0.15, 0.2) is 0 Å². The van der Waals surface area contributed by atoms with E-state index in [2.05, 4.69) is 0 Å². The van der Waals surface area contributed by atoms with Crippen molar-refractivity contribution in [1.82, 2.24) is 0 Å². The van der Waals surface area contributed by atoms with Gasteiger partial charge in [-0.2, -0.15) is 0 Å². The van der Waals surface area contributed by atoms with Gasteiger partial charge in [-0.25, -0.2) is 0 Å². The molecule has 61 valence electrons. The van der Waals surface area contributed by atoms with Crippen LogP contribution in [-0.2, 0) is 4.57 Å². The van der Waals surface area contributed by atoms with Crippen LogP contribution in [0.2, 0.25) is 0 Å². The van der Waals surface area contributed by atoms with Crippen LogP contribution in [0.1, 0.15) is 13.3 Å². The van der Waals surface area contributed by atoms with Crippen molar-refractivity contribution in [2.45, 2.75) is 19.4 Å². The summed E-state index contributed by atoms with van der Waals surface area (Å²) in [6, 6.07) is 0. The molecule has 10 heavy (non-hydrogen) atoms. The van der Waals surface area contributed by atoms with Crippen molar-refractivity contribution < 1.29 is 19.5 Å². The SMILES string of the molecule is CC(O)[CH]CCP(=O)(O)O. The Bertz CT molecular complexity index is 128. The minimum Gasteiger partial charge on any atom is -0.393 e. The molecule has 0 saturated carbocycles. The highest BCUT2D eigenvalue weighted by molar-refractivity contribution is 7.51. The Hall–Kier alpha value is 0.110. The summed E-state index contributed by atoms with van der Waals surface area (Å²) >= 11 is 0. The average Bonchev–Trinajstić information content (AvgIpc) is 1.59. The molecular formula is C5H12O4P. The van der Waals surface area contributed by atoms with Crippen molar-refractivity contribution in [3.63, 3.8) is 0 Å². The molecule has 1 atom stereocenters. The summed E-state index contributed by atoms with van der Waals surface area (Å²) < 4.78 is 10.2. The topological polar surface area (TPSA) is 77.8 Å². The quantitative estimate of drug-likeness (QED) is 0.520. The average molecular weight is 167 g/mol. The van der Waals surface area contributed by atoms with Crippen LogP contribution in [-0.4, -0.2) is 27.2 Å². The van der Waals surface area contributed by atoms with E-state index in [1.54, 1.807) is 6.92 Å². The third-order valence-corrected chi connectivity index (χ3v) is 1.77. The summed E-state index contributed by atoms with van der Waals surface area (Å²) in [5, 5.41) is 8.64. The Kier molecular flexibility index (Phi) is 4.13. The van der Waals surface area contributed by atoms with E-state index in [4.69, 9.17) is 14.9 Å². The maximum absolute atomic E-state index is 10.2. The molecule has 0 aromatic rings. The van der Waals surface area contributed by atoms with Crippen LogP contribution in [0.25, 0.3) is 0 Å². The van der Waals surface area contributed by atoms with Crippen LogP contribution in [0.3, 0.4) is 0 Å². The molecule has 0 fully saturated rings. The summed E-state index contributed by atoms with van der Waals surface area (Å²) in [5.74, 6) is 0. The lowest BCUT2D eigenvalue weighted by Gasteiger charge is -2.04. The maximum atomic E-state index is 10.2. The Morgan fingerprint density at radius 1 is 1.60 bits per heavy atom. The molecule has 1 unspecified atom stereocenters. The zero-order chi connectivity index (χ0) is 8.20. The normalized spacial score (nSPS) is 15.2. The second-order valence-electron chi connectivity index (χ2n) is 2.15. The minimum absolute atomic E-state index is 0.183. The molecule has 0 spiro atoms. The molecule has 0 rings (SSSR count). The summed E-state index contributed by atoms with van der Waals surface area (Å²) in [7, 11) is -3.86. The first-order valence-corrected chi connectivity index (χ1v) is 4.77. The van der Waals surface area contributed by atoms with Crippen molar-refractivity contribution in [2.75, 3.05) is 6.16 Å². The molecular weight excluding hydrogens is 155 g/mol. The smallest absolute Gasteiger partial charge is 0.325 e. The van der Waals surface area contributed by atoms with Crippen LogP contribution in [0, 0.1) is 6.42 Å². The van der Waals surface area contributed by atoms with Crippen molar-refractivity contribution in [3.8, 4) is 0 Å². The second kappa shape index (κ2) is 4.09. The summed E-state index contributed by atoms with van der Waals surface area (Å²) in [4.78, 5) is 16.7. The highest BCUT2D eigenvalue weighted by Crippen LogP contribution is 2.35. The van der Waals surface area contributed by atoms with Gasteiger partial charge in [-0.3, -0.25) is 4.57 Å². The van der Waals surface area contributed by atoms with E-state index < -0.39 is 13.7 Å². The number of rotatable bonds is 4. The molecule has 0 aliphatic heterocycles. The van der Waals surface area contributed by atoms with Crippen molar-refractivity contribution >= 4 is 7.60 Å². The molecule has 0 heterocycles. The zero-order valence-electron chi connectivity index (χ0n) is 5.77. The van der Waals surface area contributed by atoms with E-state index in [1.165, 1.54) is 6.42 Å². The number of hydrogen-bond donors (Lipinski definition) is 3. The number of aliphatic hydroxyl groups is 1. The Morgan fingerprint density at radius 3 is 2.40 bits per heavy atom. The first-order valence-electron chi connectivity index (χ1n) is 2.98. The molecule has 0 aliphatic carbocycles. The largest absolute Gasteiger partial charge is 0.393 e. The first kappa shape index (κ1) is 10.1. The lowest BCUT2D eigenvalue weighted by molar-refractivity contribution is 0.224. The van der Waals surface area contributed by atoms with Gasteiger partial charge >= 0.3 is 7.60 Å². The number of hydrogen-bond acceptors (Lipinski definition) is 2. The minimum atomic E-state index is -3.86. The van der Waals surface area contributed by atoms with Gasteiger partial charge in [0.05, 0.1) is 12.3 Å². The number of aliphatic hydroxyl groups excluding tert-OH is 1. The van der Waals surface area contributed by atoms with Crippen LogP contribution in [0.5, 0.6) is 0 Å². The van der Waals surface area contributed by atoms with E-state index in [1.807, 2.05) is 0 Å². The third-order valence-electron chi connectivity index (χ3n) is 0.928. The van der Waals surface area contributed by atoms with Gasteiger partial charge in [0.25, 0.3) is 0 Å². The van der Waals surface area contributed by atoms with E-state index >= 15 is 0 Å². The molecule has 0 aliphatic rings. The van der Waals surface area contributed by atoms with Gasteiger partial charge in [0.2, 0.25) is 0 Å². The monoisotopic (exact) mass is 167 g/mol. The van der Waals surface area contributed by atoms with Crippen LogP contribution in [0.4, 0.5) is 0 Å². The Balaban J connectivity index is 3.30. The standard InChI is InChI=1S/C5H12O4P/c1-5(6)3-2-4-10(7,8)9/h3,5-6H,2,4H2,1H3,(H2,7,8,9). The van der Waals surface area contributed by atoms with Crippen molar-refractivity contribution in [1.29, 1.82) is 0 Å². The predicted molar refractivity (Wildman–Crippen MR) is 37.5 cm³/mol. The van der Waals surface area contributed by atoms with Gasteiger partial charge in [0.1, 0.15) is 0 Å². The molecule has 0 saturated heterocycles. The molecule has 0 bridgehead atoms. The molecule has 0 aromatic heterocycles. The zero-order valence-corrected chi connectivity index (χ0v) is 6.66. The molecule has 4 nitrogen and oxygen atoms in total. The van der Waals surface area contributed by atoms with Gasteiger partial charge in [0.15, 0.2) is 0 Å². The maximum Gasteiger partial charge on any atom is 0.325 e. The fraction of sp³-hybridized carbons (Fsp3) is 0.800. The second-order valence-corrected chi connectivity index (χ2v) is 3.93. The highest BCUT2D eigenvalue weighted by atomic mass is 31.2. The predicted octanol–water partition coefficient (Wildman–Crippen LogP) is 0.139. The van der Waals surface area contributed by atoms with Crippen LogP contribution < -0.4 is 0 Å². The van der Waals surface area contributed by atoms with Gasteiger partial charge in [-0.1, -0.05) is 0 Å². The Morgan fingerprint density at radius 2 is 2.10 bits per heavy atom. The van der Waals surface area contributed by atoms with Crippen molar-refractivity contribution in [2.24, 2.45) is 0 Å². The van der Waals surface area contributed by atoms with Crippen molar-refractivity contribution in [3.05, 3.63) is 6.42 Å². The van der Waals surface area contributed by atoms with Gasteiger partial charge in [-0.15, -0.1) is 0 Å². The van der Waals surface area contributed by atoms with E-state index in [9.17, 15) is 4.57 Å². The summed E-state index contributed by atoms with van der Waals surface area (Å²) in [5.41, 5.74) is 0. The Labute approximate surface area is 60.0 Å². The lowest BCUT2D eigenvalue weighted by Crippen LogP contribution is -2.01. The fourth-order valence-electron chi connectivity index (χ4n) is 0.484. The first-order chi connectivity index (χ1) is 4.42. The van der Waals surface area contributed by atoms with E-state index in [-0.39, 0.29) is 12.6 Å². The van der Waals surface area contributed by atoms with E-state index in [0.29, 0.717) is 0 Å². The fourth-order valence-corrected chi connectivity index (χ4v) is 0.969. The van der Waals surface area contributed by atoms with Gasteiger partial charge < -0.3 is 14.9 Å². The summed E-state index contributed by atoms with van der Waals surface area (Å²) in [6.45, 7) is 1.54. The highest BCUT2D eigenvalue weighted by Gasteiger charge is 2.12. The molecule has 0 aromatic carbocycles. The van der Waals surface area contributed by atoms with Gasteiger partial charge in [0, 0.05) is 0 Å². The third kappa shape index (κ3) is 8.11.